The Labute approximate surface area is 85.0 Å². The number of amidine groups is 1. The van der Waals surface area contributed by atoms with Crippen LogP contribution in [0, 0.1) is 5.92 Å². The number of carbonyl (C=O) groups excluding carboxylic acids is 1. The standard InChI is InChI=1S/C10H19N3O/c1-6(2)12-10(14)7(3)13-9(11)8-4-5-8/h6-8H,4-5H2,1-3H3,(H2,11,13)(H,12,14). The van der Waals surface area contributed by atoms with Crippen LogP contribution < -0.4 is 11.1 Å². The third kappa shape index (κ3) is 3.36. The Morgan fingerprint density at radius 1 is 1.43 bits per heavy atom. The average Bonchev–Trinajstić information content (AvgIpc) is 2.84. The van der Waals surface area contributed by atoms with Gasteiger partial charge in [-0.1, -0.05) is 0 Å². The van der Waals surface area contributed by atoms with Crippen molar-refractivity contribution in [3.8, 4) is 0 Å². The van der Waals surface area contributed by atoms with Crippen LogP contribution in [0.5, 0.6) is 0 Å². The van der Waals surface area contributed by atoms with E-state index < -0.39 is 0 Å². The van der Waals surface area contributed by atoms with Crippen LogP contribution in [0.3, 0.4) is 0 Å². The molecule has 0 heterocycles. The lowest BCUT2D eigenvalue weighted by atomic mass is 10.3. The van der Waals surface area contributed by atoms with Crippen LogP contribution in [0.2, 0.25) is 0 Å². The molecule has 0 radical (unpaired) electrons. The molecule has 4 nitrogen and oxygen atoms in total. The van der Waals surface area contributed by atoms with Crippen LogP contribution in [-0.2, 0) is 4.79 Å². The maximum atomic E-state index is 11.5. The van der Waals surface area contributed by atoms with Crippen LogP contribution in [0.4, 0.5) is 0 Å². The molecule has 0 aromatic rings. The molecule has 0 aliphatic heterocycles. The molecule has 1 atom stereocenters. The first-order valence-corrected chi connectivity index (χ1v) is 5.14. The summed E-state index contributed by atoms with van der Waals surface area (Å²) in [6.45, 7) is 5.63. The maximum Gasteiger partial charge on any atom is 0.244 e. The predicted octanol–water partition coefficient (Wildman–Crippen LogP) is 0.667. The Morgan fingerprint density at radius 3 is 2.43 bits per heavy atom. The van der Waals surface area contributed by atoms with Crippen molar-refractivity contribution < 1.29 is 4.79 Å². The smallest absolute Gasteiger partial charge is 0.244 e. The molecule has 3 N–H and O–H groups in total. The van der Waals surface area contributed by atoms with Gasteiger partial charge in [0.1, 0.15) is 6.04 Å². The van der Waals surface area contributed by atoms with Crippen molar-refractivity contribution in [2.24, 2.45) is 16.6 Å². The molecule has 1 saturated carbocycles. The number of nitrogens with zero attached hydrogens (tertiary/aromatic N) is 1. The third-order valence-corrected chi connectivity index (χ3v) is 2.15. The summed E-state index contributed by atoms with van der Waals surface area (Å²) < 4.78 is 0. The van der Waals surface area contributed by atoms with Crippen molar-refractivity contribution >= 4 is 11.7 Å². The van der Waals surface area contributed by atoms with Crippen molar-refractivity contribution in [2.45, 2.75) is 45.7 Å². The van der Waals surface area contributed by atoms with E-state index in [9.17, 15) is 4.79 Å². The van der Waals surface area contributed by atoms with E-state index in [0.717, 1.165) is 12.8 Å². The first kappa shape index (κ1) is 11.0. The van der Waals surface area contributed by atoms with Gasteiger partial charge in [0.15, 0.2) is 0 Å². The van der Waals surface area contributed by atoms with E-state index in [1.807, 2.05) is 13.8 Å². The van der Waals surface area contributed by atoms with E-state index in [4.69, 9.17) is 5.73 Å². The molecular weight excluding hydrogens is 178 g/mol. The quantitative estimate of drug-likeness (QED) is 0.513. The van der Waals surface area contributed by atoms with E-state index >= 15 is 0 Å². The minimum atomic E-state index is -0.363. The van der Waals surface area contributed by atoms with Crippen molar-refractivity contribution in [3.63, 3.8) is 0 Å². The average molecular weight is 197 g/mol. The molecule has 1 aliphatic rings. The zero-order valence-electron chi connectivity index (χ0n) is 9.08. The summed E-state index contributed by atoms with van der Waals surface area (Å²) in [5, 5.41) is 2.81. The molecule has 0 aromatic carbocycles. The molecule has 0 aromatic heterocycles. The lowest BCUT2D eigenvalue weighted by Crippen LogP contribution is -2.37. The Bertz CT molecular complexity index is 244. The van der Waals surface area contributed by atoms with Gasteiger partial charge >= 0.3 is 0 Å². The second-order valence-corrected chi connectivity index (χ2v) is 4.17. The Kier molecular flexibility index (Phi) is 3.49. The first-order chi connectivity index (χ1) is 6.50. The fourth-order valence-electron chi connectivity index (χ4n) is 1.17. The molecule has 1 unspecified atom stereocenters. The summed E-state index contributed by atoms with van der Waals surface area (Å²) in [7, 11) is 0. The highest BCUT2D eigenvalue weighted by Gasteiger charge is 2.26. The van der Waals surface area contributed by atoms with Crippen molar-refractivity contribution in [2.75, 3.05) is 0 Å². The molecule has 0 saturated heterocycles. The molecule has 14 heavy (non-hydrogen) atoms. The van der Waals surface area contributed by atoms with E-state index in [-0.39, 0.29) is 18.0 Å². The zero-order chi connectivity index (χ0) is 10.7. The Hall–Kier alpha value is -1.06. The van der Waals surface area contributed by atoms with Crippen LogP contribution in [0.25, 0.3) is 0 Å². The minimum Gasteiger partial charge on any atom is -0.387 e. The van der Waals surface area contributed by atoms with Crippen LogP contribution in [0.15, 0.2) is 4.99 Å². The lowest BCUT2D eigenvalue weighted by Gasteiger charge is -2.11. The van der Waals surface area contributed by atoms with Gasteiger partial charge < -0.3 is 11.1 Å². The number of hydrogen-bond donors (Lipinski definition) is 2. The largest absolute Gasteiger partial charge is 0.387 e. The summed E-state index contributed by atoms with van der Waals surface area (Å²) in [5.41, 5.74) is 5.72. The molecule has 1 rings (SSSR count). The SMILES string of the molecule is CC(C)NC(=O)C(C)N=C(N)C1CC1. The van der Waals surface area contributed by atoms with E-state index in [2.05, 4.69) is 10.3 Å². The van der Waals surface area contributed by atoms with Crippen LogP contribution in [0.1, 0.15) is 33.6 Å². The second kappa shape index (κ2) is 4.44. The number of aliphatic imine (C=N–C) groups is 1. The number of rotatable bonds is 4. The maximum absolute atomic E-state index is 11.5. The highest BCUT2D eigenvalue weighted by Crippen LogP contribution is 2.28. The molecule has 0 bridgehead atoms. The fraction of sp³-hybridized carbons (Fsp3) is 0.800. The van der Waals surface area contributed by atoms with Crippen LogP contribution >= 0.6 is 0 Å². The summed E-state index contributed by atoms with van der Waals surface area (Å²) >= 11 is 0. The second-order valence-electron chi connectivity index (χ2n) is 4.17. The van der Waals surface area contributed by atoms with Gasteiger partial charge in [-0.05, 0) is 33.6 Å². The molecule has 4 heteroatoms. The number of nitrogens with one attached hydrogen (secondary N) is 1. The van der Waals surface area contributed by atoms with Crippen molar-refractivity contribution in [1.82, 2.24) is 5.32 Å². The molecular formula is C10H19N3O. The normalized spacial score (nSPS) is 19.6. The molecule has 0 spiro atoms. The first-order valence-electron chi connectivity index (χ1n) is 5.14. The highest BCUT2D eigenvalue weighted by atomic mass is 16.2. The van der Waals surface area contributed by atoms with Crippen molar-refractivity contribution in [1.29, 1.82) is 0 Å². The van der Waals surface area contributed by atoms with E-state index in [0.29, 0.717) is 11.8 Å². The van der Waals surface area contributed by atoms with E-state index in [1.165, 1.54) is 0 Å². The molecule has 1 aliphatic carbocycles. The van der Waals surface area contributed by atoms with Gasteiger partial charge in [0.2, 0.25) is 5.91 Å². The fourth-order valence-corrected chi connectivity index (χ4v) is 1.17. The Morgan fingerprint density at radius 2 is 2.00 bits per heavy atom. The molecule has 80 valence electrons. The number of nitrogens with two attached hydrogens (primary N) is 1. The van der Waals surface area contributed by atoms with Gasteiger partial charge in [0.25, 0.3) is 0 Å². The number of hydrogen-bond acceptors (Lipinski definition) is 2. The van der Waals surface area contributed by atoms with Gasteiger partial charge in [-0.2, -0.15) is 0 Å². The zero-order valence-corrected chi connectivity index (χ0v) is 9.08. The lowest BCUT2D eigenvalue weighted by molar-refractivity contribution is -0.122. The predicted molar refractivity (Wildman–Crippen MR) is 57.1 cm³/mol. The number of amides is 1. The third-order valence-electron chi connectivity index (χ3n) is 2.15. The monoisotopic (exact) mass is 197 g/mol. The summed E-state index contributed by atoms with van der Waals surface area (Å²) in [4.78, 5) is 15.6. The van der Waals surface area contributed by atoms with Crippen molar-refractivity contribution in [3.05, 3.63) is 0 Å². The van der Waals surface area contributed by atoms with Gasteiger partial charge in [-0.3, -0.25) is 9.79 Å². The molecule has 1 fully saturated rings. The van der Waals surface area contributed by atoms with Gasteiger partial charge in [-0.25, -0.2) is 0 Å². The molecule has 1 amide bonds. The van der Waals surface area contributed by atoms with Gasteiger partial charge in [0, 0.05) is 12.0 Å². The highest BCUT2D eigenvalue weighted by molar-refractivity contribution is 5.89. The topological polar surface area (TPSA) is 67.5 Å². The van der Waals surface area contributed by atoms with Crippen LogP contribution in [-0.4, -0.2) is 23.8 Å². The summed E-state index contributed by atoms with van der Waals surface area (Å²) in [6, 6.07) is -0.208. The number of carbonyl (C=O) groups is 1. The van der Waals surface area contributed by atoms with E-state index in [1.54, 1.807) is 6.92 Å². The van der Waals surface area contributed by atoms with Gasteiger partial charge in [0.05, 0.1) is 5.84 Å². The summed E-state index contributed by atoms with van der Waals surface area (Å²) in [6.07, 6.45) is 2.24. The minimum absolute atomic E-state index is 0.0522. The van der Waals surface area contributed by atoms with Gasteiger partial charge in [-0.15, -0.1) is 0 Å². The Balaban J connectivity index is 2.43. The summed E-state index contributed by atoms with van der Waals surface area (Å²) in [5.74, 6) is 1.02.